The van der Waals surface area contributed by atoms with Gasteiger partial charge in [-0.15, -0.1) is 0 Å². The highest BCUT2D eigenvalue weighted by molar-refractivity contribution is 4.94. The number of hydrogen-bond donors (Lipinski definition) is 1. The highest BCUT2D eigenvalue weighted by Crippen LogP contribution is 2.08. The lowest BCUT2D eigenvalue weighted by Gasteiger charge is -2.20. The average molecular weight is 180 g/mol. The molecular weight excluding hydrogens is 166 g/mol. The summed E-state index contributed by atoms with van der Waals surface area (Å²) in [5, 5.41) is 2.31. The zero-order chi connectivity index (χ0) is 8.93. The van der Waals surface area contributed by atoms with Gasteiger partial charge in [-0.1, -0.05) is 0 Å². The van der Waals surface area contributed by atoms with Crippen LogP contribution in [-0.2, 0) is 0 Å². The predicted octanol–water partition coefficient (Wildman–Crippen LogP) is -0.419. The summed E-state index contributed by atoms with van der Waals surface area (Å²) in [6.07, 6.45) is 5.91. The standard InChI is InChI=1S/C9H13N3O/c1-4-11-9(12-5-1)13-8-2-6-10-7-3-8/h1,4-5,8,10H,2-3,6-7H2/p+1. The minimum Gasteiger partial charge on any atom is -0.460 e. The van der Waals surface area contributed by atoms with Crippen molar-refractivity contribution in [3.8, 4) is 6.01 Å². The molecule has 2 rings (SSSR count). The molecule has 0 spiro atoms. The van der Waals surface area contributed by atoms with E-state index in [-0.39, 0.29) is 0 Å². The van der Waals surface area contributed by atoms with Crippen molar-refractivity contribution in [2.75, 3.05) is 13.1 Å². The van der Waals surface area contributed by atoms with E-state index in [1.54, 1.807) is 18.5 Å². The van der Waals surface area contributed by atoms with E-state index in [9.17, 15) is 0 Å². The monoisotopic (exact) mass is 180 g/mol. The Morgan fingerprint density at radius 2 is 1.92 bits per heavy atom. The van der Waals surface area contributed by atoms with Crippen molar-refractivity contribution in [1.29, 1.82) is 0 Å². The Kier molecular flexibility index (Phi) is 2.72. The van der Waals surface area contributed by atoms with Gasteiger partial charge in [-0.05, 0) is 6.07 Å². The summed E-state index contributed by atoms with van der Waals surface area (Å²) in [5.74, 6) is 0. The Labute approximate surface area is 77.4 Å². The highest BCUT2D eigenvalue weighted by Gasteiger charge is 2.17. The second-order valence-electron chi connectivity index (χ2n) is 3.21. The molecule has 0 amide bonds. The smallest absolute Gasteiger partial charge is 0.316 e. The zero-order valence-corrected chi connectivity index (χ0v) is 7.52. The summed E-state index contributed by atoms with van der Waals surface area (Å²) >= 11 is 0. The SMILES string of the molecule is c1cnc(OC2CC[NH2+]CC2)nc1. The van der Waals surface area contributed by atoms with Crippen molar-refractivity contribution in [1.82, 2.24) is 9.97 Å². The normalized spacial score (nSPS) is 18.5. The van der Waals surface area contributed by atoms with Gasteiger partial charge in [0, 0.05) is 25.2 Å². The minimum atomic E-state index is 0.312. The first kappa shape index (κ1) is 8.44. The van der Waals surface area contributed by atoms with Crippen molar-refractivity contribution in [2.24, 2.45) is 0 Å². The number of nitrogens with two attached hydrogens (primary N) is 1. The molecule has 2 N–H and O–H groups in total. The molecule has 13 heavy (non-hydrogen) atoms. The summed E-state index contributed by atoms with van der Waals surface area (Å²) < 4.78 is 5.61. The first-order valence-electron chi connectivity index (χ1n) is 4.70. The van der Waals surface area contributed by atoms with Crippen molar-refractivity contribution in [2.45, 2.75) is 18.9 Å². The molecule has 2 heterocycles. The van der Waals surface area contributed by atoms with Crippen LogP contribution in [0.15, 0.2) is 18.5 Å². The Morgan fingerprint density at radius 3 is 2.62 bits per heavy atom. The van der Waals surface area contributed by atoms with Crippen LogP contribution in [0.3, 0.4) is 0 Å². The summed E-state index contributed by atoms with van der Waals surface area (Å²) in [5.41, 5.74) is 0. The first-order valence-corrected chi connectivity index (χ1v) is 4.70. The highest BCUT2D eigenvalue weighted by atomic mass is 16.5. The lowest BCUT2D eigenvalue weighted by atomic mass is 10.1. The maximum absolute atomic E-state index is 5.61. The van der Waals surface area contributed by atoms with Crippen LogP contribution >= 0.6 is 0 Å². The van der Waals surface area contributed by atoms with Crippen LogP contribution in [0.25, 0.3) is 0 Å². The molecule has 0 radical (unpaired) electrons. The van der Waals surface area contributed by atoms with Gasteiger partial charge in [0.2, 0.25) is 0 Å². The van der Waals surface area contributed by atoms with E-state index >= 15 is 0 Å². The largest absolute Gasteiger partial charge is 0.460 e. The molecule has 4 nitrogen and oxygen atoms in total. The van der Waals surface area contributed by atoms with E-state index in [1.165, 1.54) is 0 Å². The van der Waals surface area contributed by atoms with Crippen LogP contribution in [0.1, 0.15) is 12.8 Å². The van der Waals surface area contributed by atoms with Gasteiger partial charge < -0.3 is 10.1 Å². The van der Waals surface area contributed by atoms with Crippen LogP contribution in [0.5, 0.6) is 6.01 Å². The number of nitrogens with zero attached hydrogens (tertiary/aromatic N) is 2. The molecule has 1 fully saturated rings. The fourth-order valence-electron chi connectivity index (χ4n) is 1.51. The molecule has 0 aliphatic carbocycles. The van der Waals surface area contributed by atoms with Gasteiger partial charge in [-0.25, -0.2) is 9.97 Å². The Balaban J connectivity index is 1.90. The molecule has 1 saturated heterocycles. The average Bonchev–Trinajstić information content (AvgIpc) is 2.21. The fraction of sp³-hybridized carbons (Fsp3) is 0.556. The van der Waals surface area contributed by atoms with Gasteiger partial charge in [0.05, 0.1) is 13.1 Å². The molecule has 0 bridgehead atoms. The maximum Gasteiger partial charge on any atom is 0.316 e. The molecule has 1 aromatic heterocycles. The van der Waals surface area contributed by atoms with E-state index < -0.39 is 0 Å². The molecular formula is C9H14N3O+. The number of aromatic nitrogens is 2. The zero-order valence-electron chi connectivity index (χ0n) is 7.52. The maximum atomic E-state index is 5.61. The van der Waals surface area contributed by atoms with Gasteiger partial charge >= 0.3 is 6.01 Å². The van der Waals surface area contributed by atoms with Gasteiger partial charge in [0.15, 0.2) is 0 Å². The Bertz CT molecular complexity index is 246. The van der Waals surface area contributed by atoms with E-state index in [0.717, 1.165) is 25.9 Å². The fourth-order valence-corrected chi connectivity index (χ4v) is 1.51. The third kappa shape index (κ3) is 2.39. The van der Waals surface area contributed by atoms with Gasteiger partial charge in [-0.3, -0.25) is 0 Å². The van der Waals surface area contributed by atoms with Crippen LogP contribution in [-0.4, -0.2) is 29.2 Å². The van der Waals surface area contributed by atoms with Gasteiger partial charge in [0.25, 0.3) is 0 Å². The van der Waals surface area contributed by atoms with Gasteiger partial charge in [-0.2, -0.15) is 0 Å². The van der Waals surface area contributed by atoms with E-state index in [4.69, 9.17) is 4.74 Å². The van der Waals surface area contributed by atoms with E-state index in [2.05, 4.69) is 15.3 Å². The van der Waals surface area contributed by atoms with E-state index in [1.807, 2.05) is 0 Å². The molecule has 0 unspecified atom stereocenters. The molecule has 0 aromatic carbocycles. The molecule has 70 valence electrons. The van der Waals surface area contributed by atoms with Crippen molar-refractivity contribution in [3.63, 3.8) is 0 Å². The lowest BCUT2D eigenvalue weighted by Crippen LogP contribution is -2.86. The summed E-state index contributed by atoms with van der Waals surface area (Å²) in [6.45, 7) is 2.30. The third-order valence-corrected chi connectivity index (χ3v) is 2.20. The quantitative estimate of drug-likeness (QED) is 0.672. The topological polar surface area (TPSA) is 51.6 Å². The van der Waals surface area contributed by atoms with E-state index in [0.29, 0.717) is 12.1 Å². The predicted molar refractivity (Wildman–Crippen MR) is 47.3 cm³/mol. The van der Waals surface area contributed by atoms with Crippen molar-refractivity contribution < 1.29 is 10.1 Å². The van der Waals surface area contributed by atoms with Crippen molar-refractivity contribution in [3.05, 3.63) is 18.5 Å². The van der Waals surface area contributed by atoms with Gasteiger partial charge in [0.1, 0.15) is 6.10 Å². The van der Waals surface area contributed by atoms with Crippen LogP contribution in [0.2, 0.25) is 0 Å². The van der Waals surface area contributed by atoms with Crippen LogP contribution in [0, 0.1) is 0 Å². The number of hydrogen-bond acceptors (Lipinski definition) is 3. The summed E-state index contributed by atoms with van der Waals surface area (Å²) in [6, 6.07) is 2.30. The third-order valence-electron chi connectivity index (χ3n) is 2.20. The second-order valence-corrected chi connectivity index (χ2v) is 3.21. The lowest BCUT2D eigenvalue weighted by molar-refractivity contribution is -0.664. The number of rotatable bonds is 2. The van der Waals surface area contributed by atoms with Crippen molar-refractivity contribution >= 4 is 0 Å². The minimum absolute atomic E-state index is 0.312. The second kappa shape index (κ2) is 4.18. The molecule has 1 aliphatic heterocycles. The van der Waals surface area contributed by atoms with Crippen LogP contribution in [0.4, 0.5) is 0 Å². The molecule has 0 atom stereocenters. The molecule has 1 aliphatic rings. The Hall–Kier alpha value is -1.16. The molecule has 0 saturated carbocycles. The molecule has 1 aromatic rings. The Morgan fingerprint density at radius 1 is 1.23 bits per heavy atom. The summed E-state index contributed by atoms with van der Waals surface area (Å²) in [7, 11) is 0. The molecule has 4 heteroatoms. The summed E-state index contributed by atoms with van der Waals surface area (Å²) in [4.78, 5) is 8.06. The number of piperidine rings is 1. The van der Waals surface area contributed by atoms with Crippen LogP contribution < -0.4 is 10.1 Å². The number of ether oxygens (including phenoxy) is 1. The number of quaternary nitrogens is 1. The first-order chi connectivity index (χ1) is 6.45.